The van der Waals surface area contributed by atoms with E-state index >= 15 is 0 Å². The molecule has 0 unspecified atom stereocenters. The summed E-state index contributed by atoms with van der Waals surface area (Å²) < 4.78 is 11.3. The number of carbonyl (C=O) groups is 2. The van der Waals surface area contributed by atoms with Gasteiger partial charge >= 0.3 is 5.97 Å². The Morgan fingerprint density at radius 2 is 1.68 bits per heavy atom. The van der Waals surface area contributed by atoms with Crippen LogP contribution in [0.5, 0.6) is 11.5 Å². The quantitative estimate of drug-likeness (QED) is 0.295. The van der Waals surface area contributed by atoms with E-state index in [0.717, 1.165) is 16.7 Å². The number of hydrogen-bond donors (Lipinski definition) is 0. The molecule has 0 saturated heterocycles. The van der Waals surface area contributed by atoms with Gasteiger partial charge in [-0.1, -0.05) is 57.2 Å². The number of ketones is 1. The second-order valence-electron chi connectivity index (χ2n) is 8.67. The second-order valence-corrected chi connectivity index (χ2v) is 8.67. The summed E-state index contributed by atoms with van der Waals surface area (Å²) >= 11 is 0. The largest absolute Gasteiger partial charge is 0.452 e. The Balaban J connectivity index is 1.52. The SMILES string of the molecule is Cc1ccccc1/C=C1/Oc2cc(OC(=O)c3ccc(C(C)(C)C)cc3)ccc2C1=O. The molecule has 0 atom stereocenters. The molecule has 3 aromatic rings. The summed E-state index contributed by atoms with van der Waals surface area (Å²) in [5.74, 6) is 0.326. The number of aryl methyl sites for hydroxylation is 1. The summed E-state index contributed by atoms with van der Waals surface area (Å²) in [4.78, 5) is 25.2. The lowest BCUT2D eigenvalue weighted by molar-refractivity contribution is 0.0734. The topological polar surface area (TPSA) is 52.6 Å². The Bertz CT molecular complexity index is 1190. The Morgan fingerprint density at radius 3 is 2.35 bits per heavy atom. The number of hydrogen-bond acceptors (Lipinski definition) is 4. The summed E-state index contributed by atoms with van der Waals surface area (Å²) in [6.07, 6.45) is 1.74. The number of benzene rings is 3. The van der Waals surface area contributed by atoms with Crippen LogP contribution < -0.4 is 9.47 Å². The van der Waals surface area contributed by atoms with Crippen LogP contribution in [0.15, 0.2) is 72.5 Å². The number of allylic oxidation sites excluding steroid dienone is 1. The average molecular weight is 412 g/mol. The fourth-order valence-corrected chi connectivity index (χ4v) is 3.39. The van der Waals surface area contributed by atoms with E-state index in [2.05, 4.69) is 20.8 Å². The lowest BCUT2D eigenvalue weighted by atomic mass is 9.87. The van der Waals surface area contributed by atoms with Crippen molar-refractivity contribution in [3.63, 3.8) is 0 Å². The zero-order valence-corrected chi connectivity index (χ0v) is 18.1. The zero-order valence-electron chi connectivity index (χ0n) is 18.1. The Hall–Kier alpha value is -3.66. The standard InChI is InChI=1S/C27H24O4/c1-17-7-5-6-8-19(17)15-24-25(28)22-14-13-21(16-23(22)31-24)30-26(29)18-9-11-20(12-10-18)27(2,3)4/h5-16H,1-4H3/b24-15+. The molecule has 0 spiro atoms. The highest BCUT2D eigenvalue weighted by Gasteiger charge is 2.28. The van der Waals surface area contributed by atoms with Crippen LogP contribution in [0.25, 0.3) is 6.08 Å². The minimum absolute atomic E-state index is 0.00973. The molecular weight excluding hydrogens is 388 g/mol. The van der Waals surface area contributed by atoms with E-state index in [1.807, 2.05) is 43.3 Å². The van der Waals surface area contributed by atoms with Gasteiger partial charge in [0.1, 0.15) is 11.5 Å². The van der Waals surface area contributed by atoms with E-state index in [0.29, 0.717) is 22.6 Å². The normalized spacial score (nSPS) is 14.3. The molecule has 1 heterocycles. The molecule has 4 rings (SSSR count). The first kappa shape index (κ1) is 20.6. The van der Waals surface area contributed by atoms with E-state index < -0.39 is 5.97 Å². The molecule has 1 aliphatic rings. The van der Waals surface area contributed by atoms with Gasteiger partial charge in [0, 0.05) is 6.07 Å². The molecular formula is C27H24O4. The van der Waals surface area contributed by atoms with E-state index in [9.17, 15) is 9.59 Å². The Labute approximate surface area is 182 Å². The summed E-state index contributed by atoms with van der Waals surface area (Å²) in [5.41, 5.74) is 4.04. The van der Waals surface area contributed by atoms with Crippen molar-refractivity contribution in [3.05, 3.63) is 100 Å². The highest BCUT2D eigenvalue weighted by Crippen LogP contribution is 2.35. The predicted molar refractivity (Wildman–Crippen MR) is 121 cm³/mol. The maximum atomic E-state index is 12.7. The van der Waals surface area contributed by atoms with Gasteiger partial charge in [0.25, 0.3) is 0 Å². The van der Waals surface area contributed by atoms with Gasteiger partial charge in [-0.05, 0) is 59.4 Å². The highest BCUT2D eigenvalue weighted by molar-refractivity contribution is 6.14. The fourth-order valence-electron chi connectivity index (χ4n) is 3.39. The number of fused-ring (bicyclic) bond motifs is 1. The number of ether oxygens (including phenoxy) is 2. The van der Waals surface area contributed by atoms with Crippen molar-refractivity contribution in [2.24, 2.45) is 0 Å². The minimum Gasteiger partial charge on any atom is -0.452 e. The molecule has 4 heteroatoms. The van der Waals surface area contributed by atoms with Crippen LogP contribution in [0.2, 0.25) is 0 Å². The first-order valence-corrected chi connectivity index (χ1v) is 10.2. The van der Waals surface area contributed by atoms with Crippen LogP contribution >= 0.6 is 0 Å². The molecule has 3 aromatic carbocycles. The van der Waals surface area contributed by atoms with Crippen LogP contribution in [0.4, 0.5) is 0 Å². The maximum Gasteiger partial charge on any atom is 0.343 e. The van der Waals surface area contributed by atoms with Crippen molar-refractivity contribution in [1.29, 1.82) is 0 Å². The van der Waals surface area contributed by atoms with Gasteiger partial charge in [-0.2, -0.15) is 0 Å². The van der Waals surface area contributed by atoms with E-state index in [4.69, 9.17) is 9.47 Å². The molecule has 0 aromatic heterocycles. The third-order valence-corrected chi connectivity index (χ3v) is 5.31. The minimum atomic E-state index is -0.458. The predicted octanol–water partition coefficient (Wildman–Crippen LogP) is 6.13. The lowest BCUT2D eigenvalue weighted by Gasteiger charge is -2.18. The zero-order chi connectivity index (χ0) is 22.2. The summed E-state index contributed by atoms with van der Waals surface area (Å²) in [6.45, 7) is 8.33. The van der Waals surface area contributed by atoms with Crippen LogP contribution in [0, 0.1) is 6.92 Å². The lowest BCUT2D eigenvalue weighted by Crippen LogP contribution is -2.12. The molecule has 156 valence electrons. The summed E-state index contributed by atoms with van der Waals surface area (Å²) in [7, 11) is 0. The molecule has 31 heavy (non-hydrogen) atoms. The first-order chi connectivity index (χ1) is 14.7. The third-order valence-electron chi connectivity index (χ3n) is 5.31. The van der Waals surface area contributed by atoms with Crippen molar-refractivity contribution in [2.75, 3.05) is 0 Å². The first-order valence-electron chi connectivity index (χ1n) is 10.2. The van der Waals surface area contributed by atoms with Gasteiger partial charge < -0.3 is 9.47 Å². The molecule has 1 aliphatic heterocycles. The van der Waals surface area contributed by atoms with Gasteiger partial charge in [0.05, 0.1) is 11.1 Å². The second kappa shape index (κ2) is 7.88. The molecule has 0 saturated carbocycles. The summed E-state index contributed by atoms with van der Waals surface area (Å²) in [5, 5.41) is 0. The van der Waals surface area contributed by atoms with Crippen LogP contribution in [-0.2, 0) is 5.41 Å². The van der Waals surface area contributed by atoms with Crippen molar-refractivity contribution in [2.45, 2.75) is 33.1 Å². The monoisotopic (exact) mass is 412 g/mol. The number of esters is 1. The smallest absolute Gasteiger partial charge is 0.343 e. The van der Waals surface area contributed by atoms with Gasteiger partial charge in [0.2, 0.25) is 5.78 Å². The number of rotatable bonds is 3. The van der Waals surface area contributed by atoms with Gasteiger partial charge in [0.15, 0.2) is 5.76 Å². The number of Topliss-reactive ketones (excluding diaryl/α,β-unsaturated/α-hetero) is 1. The van der Waals surface area contributed by atoms with Gasteiger partial charge in [-0.3, -0.25) is 4.79 Å². The molecule has 0 bridgehead atoms. The van der Waals surface area contributed by atoms with Crippen molar-refractivity contribution in [1.82, 2.24) is 0 Å². The average Bonchev–Trinajstić information content (AvgIpc) is 3.04. The fraction of sp³-hybridized carbons (Fsp3) is 0.185. The van der Waals surface area contributed by atoms with Gasteiger partial charge in [-0.25, -0.2) is 4.79 Å². The highest BCUT2D eigenvalue weighted by atomic mass is 16.5. The third kappa shape index (κ3) is 4.29. The summed E-state index contributed by atoms with van der Waals surface area (Å²) in [6, 6.07) is 20.0. The van der Waals surface area contributed by atoms with E-state index in [1.54, 1.807) is 36.4 Å². The number of carbonyl (C=O) groups excluding carboxylic acids is 2. The molecule has 0 fully saturated rings. The van der Waals surface area contributed by atoms with Crippen LogP contribution in [0.1, 0.15) is 58.2 Å². The van der Waals surface area contributed by atoms with Crippen LogP contribution in [-0.4, -0.2) is 11.8 Å². The molecule has 0 aliphatic carbocycles. The molecule has 0 radical (unpaired) electrons. The van der Waals surface area contributed by atoms with E-state index in [-0.39, 0.29) is 17.0 Å². The van der Waals surface area contributed by atoms with Crippen LogP contribution in [0.3, 0.4) is 0 Å². The Morgan fingerprint density at radius 1 is 0.968 bits per heavy atom. The molecule has 4 nitrogen and oxygen atoms in total. The molecule has 0 N–H and O–H groups in total. The van der Waals surface area contributed by atoms with Crippen molar-refractivity contribution < 1.29 is 19.1 Å². The van der Waals surface area contributed by atoms with E-state index in [1.165, 1.54) is 0 Å². The maximum absolute atomic E-state index is 12.7. The van der Waals surface area contributed by atoms with Crippen molar-refractivity contribution in [3.8, 4) is 11.5 Å². The van der Waals surface area contributed by atoms with Gasteiger partial charge in [-0.15, -0.1) is 0 Å². The molecule has 0 amide bonds. The van der Waals surface area contributed by atoms with Crippen molar-refractivity contribution >= 4 is 17.8 Å². The Kier molecular flexibility index (Phi) is 5.24.